The van der Waals surface area contributed by atoms with Crippen LogP contribution < -0.4 is 0 Å². The van der Waals surface area contributed by atoms with Gasteiger partial charge >= 0.3 is 0 Å². The van der Waals surface area contributed by atoms with Gasteiger partial charge in [-0.25, -0.2) is 0 Å². The van der Waals surface area contributed by atoms with Crippen LogP contribution in [0.3, 0.4) is 0 Å². The van der Waals surface area contributed by atoms with Crippen LogP contribution in [0.1, 0.15) is 276 Å². The lowest BCUT2D eigenvalue weighted by Crippen LogP contribution is -2.21. The first-order chi connectivity index (χ1) is 30.1. The third-order valence-electron chi connectivity index (χ3n) is 8.92. The van der Waals surface area contributed by atoms with E-state index in [0.717, 1.165) is 48.8 Å². The lowest BCUT2D eigenvalue weighted by Gasteiger charge is -2.25. The van der Waals surface area contributed by atoms with Crippen molar-refractivity contribution in [1.82, 2.24) is 0 Å². The number of carbonyl (C=O) groups excluding carboxylic acids is 4. The predicted molar refractivity (Wildman–Crippen MR) is 287 cm³/mol. The summed E-state index contributed by atoms with van der Waals surface area (Å²) < 4.78 is 0. The van der Waals surface area contributed by atoms with Crippen LogP contribution in [-0.4, -0.2) is 46.1 Å². The molecule has 0 bridgehead atoms. The smallest absolute Gasteiger partial charge is 0.164 e. The fourth-order valence-corrected chi connectivity index (χ4v) is 5.16. The van der Waals surface area contributed by atoms with Crippen molar-refractivity contribution in [2.75, 3.05) is 6.61 Å². The van der Waals surface area contributed by atoms with Crippen molar-refractivity contribution in [3.05, 3.63) is 89.0 Å². The van der Waals surface area contributed by atoms with E-state index in [-0.39, 0.29) is 46.7 Å². The van der Waals surface area contributed by atoms with Crippen LogP contribution in [0.5, 0.6) is 0 Å². The molecule has 0 spiro atoms. The standard InChI is InChI=1S/C22H30O3.C19H30O2.2C3H8.C3H6.C2H6O.3C2H6/c1-8-10-20(24)19-12-18(21(25)13-22(6,7)9-2)16(14(3)4)11-17(19)15(5)23;1-5-7-8-18(21)16-11-9-15(10-12-16)13-17(20)14-19(3,4)6-2;3*1-3-2;1-2-3;3*1-2/h11-12H,3,8-10,13H2,1-2,4-7H3;9-12,17,20H,5-8,13-14H2,1-4H3;2*3H2,1-2H3;3H,1H2,2H3;3H,2H2,1H3;3*1-2H3. The monoisotopic (exact) mass is 899 g/mol. The van der Waals surface area contributed by atoms with Gasteiger partial charge in [0.05, 0.1) is 6.10 Å². The summed E-state index contributed by atoms with van der Waals surface area (Å²) in [5.41, 5.74) is 4.56. The van der Waals surface area contributed by atoms with Gasteiger partial charge in [0.2, 0.25) is 0 Å². The summed E-state index contributed by atoms with van der Waals surface area (Å²) >= 11 is 0. The molecular formula is C58H106O6. The van der Waals surface area contributed by atoms with Crippen LogP contribution in [0.25, 0.3) is 5.57 Å². The molecule has 0 saturated heterocycles. The second kappa shape index (κ2) is 49.0. The Balaban J connectivity index is -0.000000149. The van der Waals surface area contributed by atoms with Gasteiger partial charge in [0.25, 0.3) is 0 Å². The number of Topliss-reactive ketones (excluding diaryl/α,β-unsaturated/α-hetero) is 4. The molecule has 1 unspecified atom stereocenters. The second-order valence-electron chi connectivity index (χ2n) is 16.5. The van der Waals surface area contributed by atoms with Crippen molar-refractivity contribution in [1.29, 1.82) is 0 Å². The molecule has 6 nitrogen and oxygen atoms in total. The highest BCUT2D eigenvalue weighted by atomic mass is 16.3. The number of ketones is 4. The van der Waals surface area contributed by atoms with E-state index in [0.29, 0.717) is 54.4 Å². The van der Waals surface area contributed by atoms with Crippen molar-refractivity contribution < 1.29 is 29.4 Å². The van der Waals surface area contributed by atoms with E-state index in [1.807, 2.05) is 86.6 Å². The molecule has 0 fully saturated rings. The number of carbonyl (C=O) groups is 4. The Morgan fingerprint density at radius 3 is 1.38 bits per heavy atom. The molecule has 0 amide bonds. The molecule has 0 radical (unpaired) electrons. The molecule has 2 N–H and O–H groups in total. The van der Waals surface area contributed by atoms with Crippen LogP contribution in [-0.2, 0) is 6.42 Å². The fourth-order valence-electron chi connectivity index (χ4n) is 5.16. The fraction of sp³-hybridized carbons (Fsp3) is 0.655. The van der Waals surface area contributed by atoms with Gasteiger partial charge in [-0.3, -0.25) is 19.2 Å². The van der Waals surface area contributed by atoms with E-state index in [9.17, 15) is 24.3 Å². The lowest BCUT2D eigenvalue weighted by molar-refractivity contribution is 0.0925. The number of aliphatic hydroxyl groups excluding tert-OH is 2. The summed E-state index contributed by atoms with van der Waals surface area (Å²) in [6, 6.07) is 11.0. The minimum Gasteiger partial charge on any atom is -0.397 e. The maximum atomic E-state index is 12.9. The molecule has 0 heterocycles. The number of hydrogen-bond acceptors (Lipinski definition) is 6. The molecule has 374 valence electrons. The first kappa shape index (κ1) is 74.9. The SMILES string of the molecule is C=C(C)c1cc(C(C)=O)c(C(=O)CCC)cc1C(=O)CC(C)(C)CC.C=CC.CC.CC.CC.CCC.CCC.CCCCC(=O)c1ccc(CC(O)CC(C)(C)CC)cc1.CCO. The molecule has 64 heavy (non-hydrogen) atoms. The predicted octanol–water partition coefficient (Wildman–Crippen LogP) is 17.8. The van der Waals surface area contributed by atoms with Crippen molar-refractivity contribution in [3.63, 3.8) is 0 Å². The maximum absolute atomic E-state index is 12.9. The molecule has 0 aromatic heterocycles. The molecular weight excluding hydrogens is 793 g/mol. The Hall–Kier alpha value is -3.48. The first-order valence-electron chi connectivity index (χ1n) is 25.0. The van der Waals surface area contributed by atoms with E-state index in [2.05, 4.69) is 89.3 Å². The normalized spacial score (nSPS) is 10.1. The zero-order valence-electron chi connectivity index (χ0n) is 46.3. The van der Waals surface area contributed by atoms with Crippen LogP contribution in [0.4, 0.5) is 0 Å². The summed E-state index contributed by atoms with van der Waals surface area (Å²) in [6.07, 6.45) is 11.4. The van der Waals surface area contributed by atoms with Crippen LogP contribution in [0, 0.1) is 10.8 Å². The number of rotatable bonds is 18. The van der Waals surface area contributed by atoms with Gasteiger partial charge in [-0.2, -0.15) is 0 Å². The van der Waals surface area contributed by atoms with Crippen molar-refractivity contribution >= 4 is 28.7 Å². The molecule has 6 heteroatoms. The molecule has 0 aliphatic carbocycles. The van der Waals surface area contributed by atoms with Crippen molar-refractivity contribution in [2.24, 2.45) is 10.8 Å². The highest BCUT2D eigenvalue weighted by Crippen LogP contribution is 2.31. The summed E-state index contributed by atoms with van der Waals surface area (Å²) in [5.74, 6) is -0.0545. The molecule has 2 aromatic carbocycles. The highest BCUT2D eigenvalue weighted by molar-refractivity contribution is 6.11. The van der Waals surface area contributed by atoms with Gasteiger partial charge in [-0.15, -0.1) is 6.58 Å². The van der Waals surface area contributed by atoms with Gasteiger partial charge in [0, 0.05) is 48.1 Å². The topological polar surface area (TPSA) is 109 Å². The Morgan fingerprint density at radius 1 is 0.641 bits per heavy atom. The van der Waals surface area contributed by atoms with Gasteiger partial charge in [0.15, 0.2) is 23.1 Å². The summed E-state index contributed by atoms with van der Waals surface area (Å²) in [6.45, 7) is 51.6. The number of allylic oxidation sites excluding steroid dienone is 2. The summed E-state index contributed by atoms with van der Waals surface area (Å²) in [5, 5.41) is 17.8. The largest absolute Gasteiger partial charge is 0.397 e. The van der Waals surface area contributed by atoms with Gasteiger partial charge in [0.1, 0.15) is 0 Å². The number of hydrogen-bond donors (Lipinski definition) is 2. The minimum atomic E-state index is -0.318. The molecule has 2 aromatic rings. The third kappa shape index (κ3) is 40.1. The summed E-state index contributed by atoms with van der Waals surface area (Å²) in [7, 11) is 0. The summed E-state index contributed by atoms with van der Waals surface area (Å²) in [4.78, 5) is 49.4. The zero-order chi connectivity index (χ0) is 52.1. The van der Waals surface area contributed by atoms with E-state index >= 15 is 0 Å². The number of aliphatic hydroxyl groups is 2. The maximum Gasteiger partial charge on any atom is 0.164 e. The molecule has 1 atom stereocenters. The van der Waals surface area contributed by atoms with Gasteiger partial charge in [-0.05, 0) is 87.5 Å². The average molecular weight is 899 g/mol. The Bertz CT molecular complexity index is 1440. The van der Waals surface area contributed by atoms with Crippen LogP contribution in [0.15, 0.2) is 55.6 Å². The number of benzene rings is 2. The van der Waals surface area contributed by atoms with E-state index in [1.165, 1.54) is 19.8 Å². The number of unbranched alkanes of at least 4 members (excludes halogenated alkanes) is 1. The Morgan fingerprint density at radius 2 is 1.03 bits per heavy atom. The van der Waals surface area contributed by atoms with E-state index in [1.54, 1.807) is 25.1 Å². The average Bonchev–Trinajstić information content (AvgIpc) is 3.25. The Labute approximate surface area is 398 Å². The zero-order valence-corrected chi connectivity index (χ0v) is 46.3. The molecule has 0 aliphatic rings. The van der Waals surface area contributed by atoms with Crippen molar-refractivity contribution in [3.8, 4) is 0 Å². The molecule has 0 aliphatic heterocycles. The quantitative estimate of drug-likeness (QED) is 0.114. The van der Waals surface area contributed by atoms with E-state index in [4.69, 9.17) is 5.11 Å². The van der Waals surface area contributed by atoms with Crippen LogP contribution in [0.2, 0.25) is 0 Å². The van der Waals surface area contributed by atoms with Crippen LogP contribution >= 0.6 is 0 Å². The van der Waals surface area contributed by atoms with Gasteiger partial charge in [-0.1, -0.05) is 199 Å². The Kier molecular flexibility index (Phi) is 57.3. The third-order valence-corrected chi connectivity index (χ3v) is 8.92. The molecule has 2 rings (SSSR count). The van der Waals surface area contributed by atoms with Gasteiger partial charge < -0.3 is 10.2 Å². The van der Waals surface area contributed by atoms with Crippen molar-refractivity contribution in [2.45, 2.75) is 235 Å². The first-order valence-corrected chi connectivity index (χ1v) is 25.0. The second-order valence-corrected chi connectivity index (χ2v) is 16.5. The molecule has 0 saturated carbocycles. The minimum absolute atomic E-state index is 0.00880. The lowest BCUT2D eigenvalue weighted by atomic mass is 9.81. The highest BCUT2D eigenvalue weighted by Gasteiger charge is 2.26. The van der Waals surface area contributed by atoms with E-state index < -0.39 is 0 Å².